The van der Waals surface area contributed by atoms with Crippen molar-refractivity contribution in [1.29, 1.82) is 0 Å². The lowest BCUT2D eigenvalue weighted by atomic mass is 10.1. The van der Waals surface area contributed by atoms with Crippen molar-refractivity contribution in [3.63, 3.8) is 0 Å². The summed E-state index contributed by atoms with van der Waals surface area (Å²) in [4.78, 5) is 16.7. The first kappa shape index (κ1) is 23.6. The van der Waals surface area contributed by atoms with Crippen LogP contribution < -0.4 is 4.74 Å². The van der Waals surface area contributed by atoms with Crippen LogP contribution in [0.15, 0.2) is 48.5 Å². The van der Waals surface area contributed by atoms with Gasteiger partial charge in [-0.3, -0.25) is 9.69 Å². The number of halogens is 1. The zero-order valence-electron chi connectivity index (χ0n) is 18.6. The Bertz CT molecular complexity index is 837. The minimum absolute atomic E-state index is 0.101. The van der Waals surface area contributed by atoms with Gasteiger partial charge in [-0.2, -0.15) is 0 Å². The average molecular weight is 445 g/mol. The predicted octanol–water partition coefficient (Wildman–Crippen LogP) is 4.94. The van der Waals surface area contributed by atoms with Crippen molar-refractivity contribution < 1.29 is 14.3 Å². The number of methoxy groups -OCH3 is 1. The van der Waals surface area contributed by atoms with Gasteiger partial charge in [0.15, 0.2) is 0 Å². The molecule has 6 heteroatoms. The molecule has 31 heavy (non-hydrogen) atoms. The maximum absolute atomic E-state index is 12.3. The van der Waals surface area contributed by atoms with E-state index >= 15 is 0 Å². The largest absolute Gasteiger partial charge is 0.497 e. The number of carbonyl (C=O) groups is 1. The number of hydrogen-bond donors (Lipinski definition) is 0. The summed E-state index contributed by atoms with van der Waals surface area (Å²) in [5.41, 5.74) is 2.13. The molecule has 0 aromatic heterocycles. The van der Waals surface area contributed by atoms with Crippen LogP contribution in [0.2, 0.25) is 5.02 Å². The van der Waals surface area contributed by atoms with Gasteiger partial charge in [-0.1, -0.05) is 49.2 Å². The van der Waals surface area contributed by atoms with E-state index in [9.17, 15) is 4.79 Å². The second kappa shape index (κ2) is 12.1. The van der Waals surface area contributed by atoms with Crippen LogP contribution in [0.4, 0.5) is 0 Å². The van der Waals surface area contributed by atoms with E-state index in [4.69, 9.17) is 21.1 Å². The maximum atomic E-state index is 12.3. The van der Waals surface area contributed by atoms with Gasteiger partial charge in [0.25, 0.3) is 0 Å². The van der Waals surface area contributed by atoms with Gasteiger partial charge in [0.1, 0.15) is 5.75 Å². The van der Waals surface area contributed by atoms with Crippen molar-refractivity contribution in [1.82, 2.24) is 9.80 Å². The lowest BCUT2D eigenvalue weighted by Gasteiger charge is -2.36. The van der Waals surface area contributed by atoms with Crippen LogP contribution in [0.3, 0.4) is 0 Å². The molecule has 0 bridgehead atoms. The smallest absolute Gasteiger partial charge is 0.222 e. The Hall–Kier alpha value is -2.08. The number of piperazine rings is 1. The normalized spacial score (nSPS) is 15.6. The van der Waals surface area contributed by atoms with Crippen molar-refractivity contribution in [2.75, 3.05) is 39.8 Å². The van der Waals surface area contributed by atoms with Crippen LogP contribution in [0.5, 0.6) is 5.75 Å². The van der Waals surface area contributed by atoms with E-state index < -0.39 is 0 Å². The van der Waals surface area contributed by atoms with Crippen LogP contribution in [-0.2, 0) is 16.1 Å². The summed E-state index contributed by atoms with van der Waals surface area (Å²) in [7, 11) is 1.68. The van der Waals surface area contributed by atoms with E-state index in [1.165, 1.54) is 0 Å². The van der Waals surface area contributed by atoms with E-state index in [2.05, 4.69) is 17.9 Å². The number of hydrogen-bond acceptors (Lipinski definition) is 4. The molecule has 1 aliphatic rings. The summed E-state index contributed by atoms with van der Waals surface area (Å²) < 4.78 is 11.8. The van der Waals surface area contributed by atoms with Gasteiger partial charge in [-0.25, -0.2) is 0 Å². The molecular weight excluding hydrogens is 412 g/mol. The number of rotatable bonds is 10. The third kappa shape index (κ3) is 7.23. The van der Waals surface area contributed by atoms with Gasteiger partial charge in [0.2, 0.25) is 5.91 Å². The molecule has 1 heterocycles. The van der Waals surface area contributed by atoms with Crippen molar-refractivity contribution in [2.45, 2.75) is 38.9 Å². The summed E-state index contributed by atoms with van der Waals surface area (Å²) in [6.45, 7) is 6.65. The highest BCUT2D eigenvalue weighted by molar-refractivity contribution is 6.30. The molecule has 3 rings (SSSR count). The second-order valence-corrected chi connectivity index (χ2v) is 8.43. The Kier molecular flexibility index (Phi) is 9.19. The first-order valence-corrected chi connectivity index (χ1v) is 11.5. The Morgan fingerprint density at radius 1 is 1.10 bits per heavy atom. The highest BCUT2D eigenvalue weighted by Gasteiger charge is 2.24. The Morgan fingerprint density at radius 3 is 2.58 bits per heavy atom. The molecule has 1 saturated heterocycles. The topological polar surface area (TPSA) is 42.0 Å². The molecule has 0 radical (unpaired) electrons. The number of ether oxygens (including phenoxy) is 2. The summed E-state index contributed by atoms with van der Waals surface area (Å²) in [6.07, 6.45) is 2.58. The highest BCUT2D eigenvalue weighted by Crippen LogP contribution is 2.25. The summed E-state index contributed by atoms with van der Waals surface area (Å²) in [5.74, 6) is 1.10. The molecule has 0 aliphatic carbocycles. The first-order valence-electron chi connectivity index (χ1n) is 11.1. The average Bonchev–Trinajstić information content (AvgIpc) is 2.80. The highest BCUT2D eigenvalue weighted by atomic mass is 35.5. The first-order chi connectivity index (χ1) is 15.1. The predicted molar refractivity (Wildman–Crippen MR) is 125 cm³/mol. The van der Waals surface area contributed by atoms with Crippen molar-refractivity contribution in [3.8, 4) is 5.75 Å². The van der Waals surface area contributed by atoms with Gasteiger partial charge in [0, 0.05) is 44.2 Å². The maximum Gasteiger partial charge on any atom is 0.222 e. The van der Waals surface area contributed by atoms with Crippen molar-refractivity contribution >= 4 is 17.5 Å². The fourth-order valence-electron chi connectivity index (χ4n) is 3.82. The van der Waals surface area contributed by atoms with Gasteiger partial charge in [-0.05, 0) is 41.8 Å². The molecule has 1 aliphatic heterocycles. The summed E-state index contributed by atoms with van der Waals surface area (Å²) in [6, 6.07) is 15.8. The third-order valence-electron chi connectivity index (χ3n) is 5.70. The van der Waals surface area contributed by atoms with Crippen LogP contribution in [0, 0.1) is 0 Å². The number of benzene rings is 2. The fraction of sp³-hybridized carbons (Fsp3) is 0.480. The molecule has 2 aromatic rings. The summed E-state index contributed by atoms with van der Waals surface area (Å²) in [5, 5.41) is 0.711. The second-order valence-electron chi connectivity index (χ2n) is 7.99. The van der Waals surface area contributed by atoms with Crippen LogP contribution in [0.1, 0.15) is 43.4 Å². The van der Waals surface area contributed by atoms with E-state index in [0.717, 1.165) is 62.4 Å². The minimum atomic E-state index is -0.101. The Morgan fingerprint density at radius 2 is 1.87 bits per heavy atom. The number of nitrogens with zero attached hydrogens (tertiary/aromatic N) is 2. The molecule has 0 spiro atoms. The fourth-order valence-corrected chi connectivity index (χ4v) is 4.03. The SMILES string of the molecule is CCCCC(=O)N1CCN(C[C@H](OCc2cccc(Cl)c2)c2cccc(OC)c2)CC1. The molecule has 5 nitrogen and oxygen atoms in total. The van der Waals surface area contributed by atoms with Crippen molar-refractivity contribution in [3.05, 3.63) is 64.7 Å². The van der Waals surface area contributed by atoms with Gasteiger partial charge < -0.3 is 14.4 Å². The molecule has 0 unspecified atom stereocenters. The number of amides is 1. The van der Waals surface area contributed by atoms with Gasteiger partial charge in [0.05, 0.1) is 19.8 Å². The van der Waals surface area contributed by atoms with Crippen molar-refractivity contribution in [2.24, 2.45) is 0 Å². The molecular formula is C25H33ClN2O3. The molecule has 168 valence electrons. The Labute approximate surface area is 190 Å². The number of carbonyl (C=O) groups excluding carboxylic acids is 1. The third-order valence-corrected chi connectivity index (χ3v) is 5.93. The Balaban J connectivity index is 1.63. The molecule has 0 N–H and O–H groups in total. The number of unbranched alkanes of at least 4 members (excludes halogenated alkanes) is 1. The zero-order valence-corrected chi connectivity index (χ0v) is 19.3. The van der Waals surface area contributed by atoms with E-state index in [1.807, 2.05) is 47.4 Å². The minimum Gasteiger partial charge on any atom is -0.497 e. The lowest BCUT2D eigenvalue weighted by Crippen LogP contribution is -2.49. The standard InChI is InChI=1S/C25H33ClN2O3/c1-3-4-11-25(29)28-14-12-27(13-15-28)18-24(21-8-6-10-23(17-21)30-2)31-19-20-7-5-9-22(26)16-20/h5-10,16-17,24H,3-4,11-15,18-19H2,1-2H3/t24-/m0/s1. The van der Waals surface area contributed by atoms with Crippen LogP contribution in [-0.4, -0.2) is 55.5 Å². The summed E-state index contributed by atoms with van der Waals surface area (Å²) >= 11 is 6.13. The molecule has 1 amide bonds. The van der Waals surface area contributed by atoms with Crippen LogP contribution in [0.25, 0.3) is 0 Å². The zero-order chi connectivity index (χ0) is 22.1. The monoisotopic (exact) mass is 444 g/mol. The van der Waals surface area contributed by atoms with E-state index in [0.29, 0.717) is 18.1 Å². The lowest BCUT2D eigenvalue weighted by molar-refractivity contribution is -0.133. The quantitative estimate of drug-likeness (QED) is 0.520. The van der Waals surface area contributed by atoms with E-state index in [-0.39, 0.29) is 12.0 Å². The molecule has 1 atom stereocenters. The van der Waals surface area contributed by atoms with E-state index in [1.54, 1.807) is 7.11 Å². The van der Waals surface area contributed by atoms with Gasteiger partial charge in [-0.15, -0.1) is 0 Å². The molecule has 1 fully saturated rings. The molecule has 0 saturated carbocycles. The van der Waals surface area contributed by atoms with Crippen LogP contribution >= 0.6 is 11.6 Å². The van der Waals surface area contributed by atoms with Gasteiger partial charge >= 0.3 is 0 Å². The molecule has 2 aromatic carbocycles.